The topological polar surface area (TPSA) is 61.7 Å². The molecule has 0 spiro atoms. The third-order valence-electron chi connectivity index (χ3n) is 0.421. The first-order valence-corrected chi connectivity index (χ1v) is 1.70. The zero-order chi connectivity index (χ0) is 5.70. The third kappa shape index (κ3) is 2.75. The number of amides is 1. The molecule has 0 fully saturated rings. The van der Waals surface area contributed by atoms with Crippen LogP contribution in [-0.2, 0) is 4.79 Å². The predicted octanol–water partition coefficient (Wildman–Crippen LogP) is -0.808. The van der Waals surface area contributed by atoms with Crippen LogP contribution in [0, 0.1) is 0 Å². The first-order chi connectivity index (χ1) is 3.31. The molecule has 0 aliphatic heterocycles. The van der Waals surface area contributed by atoms with Crippen molar-refractivity contribution in [2.24, 2.45) is 5.16 Å². The van der Waals surface area contributed by atoms with Gasteiger partial charge in [0.05, 0.1) is 0 Å². The smallest absolute Gasteiger partial charge is 0.265 e. The van der Waals surface area contributed by atoms with Crippen LogP contribution in [0.1, 0.15) is 0 Å². The van der Waals surface area contributed by atoms with Crippen LogP contribution in [0.3, 0.4) is 0 Å². The van der Waals surface area contributed by atoms with Crippen molar-refractivity contribution in [1.82, 2.24) is 5.32 Å². The predicted molar refractivity (Wildman–Crippen MR) is 24.3 cm³/mol. The third-order valence-corrected chi connectivity index (χ3v) is 0.421. The van der Waals surface area contributed by atoms with Gasteiger partial charge < -0.3 is 10.5 Å². The van der Waals surface area contributed by atoms with E-state index in [2.05, 4.69) is 10.5 Å². The Morgan fingerprint density at radius 3 is 2.71 bits per heavy atom. The van der Waals surface area contributed by atoms with Crippen LogP contribution in [-0.4, -0.2) is 24.4 Å². The average molecular weight is 102 g/mol. The van der Waals surface area contributed by atoms with Gasteiger partial charge in [0.25, 0.3) is 5.91 Å². The van der Waals surface area contributed by atoms with Crippen molar-refractivity contribution >= 4 is 12.1 Å². The molecule has 0 saturated heterocycles. The zero-order valence-electron chi connectivity index (χ0n) is 3.88. The van der Waals surface area contributed by atoms with Crippen LogP contribution in [0.5, 0.6) is 0 Å². The van der Waals surface area contributed by atoms with E-state index in [-0.39, 0.29) is 0 Å². The van der Waals surface area contributed by atoms with Gasteiger partial charge in [0.2, 0.25) is 0 Å². The molecule has 0 aliphatic carbocycles. The molecule has 0 aromatic carbocycles. The molecule has 0 bridgehead atoms. The summed E-state index contributed by atoms with van der Waals surface area (Å²) in [6.07, 6.45) is 0.778. The maximum atomic E-state index is 9.99. The lowest BCUT2D eigenvalue weighted by Crippen LogP contribution is -2.18. The monoisotopic (exact) mass is 102 g/mol. The van der Waals surface area contributed by atoms with Gasteiger partial charge >= 0.3 is 0 Å². The van der Waals surface area contributed by atoms with Crippen LogP contribution >= 0.6 is 0 Å². The summed E-state index contributed by atoms with van der Waals surface area (Å²) in [7, 11) is 1.45. The van der Waals surface area contributed by atoms with E-state index in [1.807, 2.05) is 0 Å². The van der Waals surface area contributed by atoms with Gasteiger partial charge in [0.15, 0.2) is 0 Å². The molecule has 40 valence electrons. The number of rotatable bonds is 1. The molecule has 0 rings (SSSR count). The fourth-order valence-electron chi connectivity index (χ4n) is 0.117. The van der Waals surface area contributed by atoms with Gasteiger partial charge in [0.1, 0.15) is 6.21 Å². The van der Waals surface area contributed by atoms with Crippen molar-refractivity contribution in [2.75, 3.05) is 7.05 Å². The number of hydrogen-bond acceptors (Lipinski definition) is 3. The molecule has 0 saturated carbocycles. The SMILES string of the molecule is CNC(=O)/C=N/O. The minimum absolute atomic E-state index is 0.414. The van der Waals surface area contributed by atoms with Gasteiger partial charge in [-0.1, -0.05) is 5.16 Å². The molecule has 4 heteroatoms. The number of nitrogens with zero attached hydrogens (tertiary/aromatic N) is 1. The Morgan fingerprint density at radius 2 is 2.57 bits per heavy atom. The highest BCUT2D eigenvalue weighted by Crippen LogP contribution is 1.51. The number of carbonyl (C=O) groups is 1. The van der Waals surface area contributed by atoms with Crippen molar-refractivity contribution in [3.63, 3.8) is 0 Å². The van der Waals surface area contributed by atoms with E-state index in [0.717, 1.165) is 6.21 Å². The second kappa shape index (κ2) is 3.14. The summed E-state index contributed by atoms with van der Waals surface area (Å²) in [6.45, 7) is 0. The van der Waals surface area contributed by atoms with Crippen LogP contribution in [0.25, 0.3) is 0 Å². The van der Waals surface area contributed by atoms with E-state index in [0.29, 0.717) is 0 Å². The standard InChI is InChI=1S/C3H6N2O2/c1-4-3(6)2-5-7/h2,7H,1H3,(H,4,6)/b5-2+. The molecule has 0 aromatic rings. The van der Waals surface area contributed by atoms with E-state index in [9.17, 15) is 4.79 Å². The molecule has 7 heavy (non-hydrogen) atoms. The van der Waals surface area contributed by atoms with Gasteiger partial charge in [-0.15, -0.1) is 0 Å². The second-order valence-corrected chi connectivity index (χ2v) is 0.859. The Morgan fingerprint density at radius 1 is 2.00 bits per heavy atom. The van der Waals surface area contributed by atoms with Crippen LogP contribution in [0.15, 0.2) is 5.16 Å². The molecule has 0 heterocycles. The summed E-state index contributed by atoms with van der Waals surface area (Å²) in [5, 5.41) is 12.4. The Bertz CT molecular complexity index is 88.9. The van der Waals surface area contributed by atoms with Crippen LogP contribution in [0.2, 0.25) is 0 Å². The normalized spacial score (nSPS) is 9.29. The lowest BCUT2D eigenvalue weighted by Gasteiger charge is -1.82. The molecule has 0 aliphatic rings. The van der Waals surface area contributed by atoms with Crippen LogP contribution < -0.4 is 5.32 Å². The summed E-state index contributed by atoms with van der Waals surface area (Å²) in [5.74, 6) is -0.414. The van der Waals surface area contributed by atoms with Gasteiger partial charge in [-0.2, -0.15) is 0 Å². The molecule has 0 aromatic heterocycles. The molecule has 4 nitrogen and oxygen atoms in total. The van der Waals surface area contributed by atoms with Gasteiger partial charge in [-0.3, -0.25) is 4.79 Å². The number of oxime groups is 1. The molecule has 0 radical (unpaired) electrons. The van der Waals surface area contributed by atoms with Crippen molar-refractivity contribution in [3.8, 4) is 0 Å². The summed E-state index contributed by atoms with van der Waals surface area (Å²) in [6, 6.07) is 0. The van der Waals surface area contributed by atoms with E-state index in [4.69, 9.17) is 5.21 Å². The Kier molecular flexibility index (Phi) is 2.67. The fraction of sp³-hybridized carbons (Fsp3) is 0.333. The van der Waals surface area contributed by atoms with E-state index in [1.54, 1.807) is 0 Å². The average Bonchev–Trinajstić information content (AvgIpc) is 1.68. The second-order valence-electron chi connectivity index (χ2n) is 0.859. The lowest BCUT2D eigenvalue weighted by molar-refractivity contribution is -0.114. The van der Waals surface area contributed by atoms with E-state index >= 15 is 0 Å². The number of hydrogen-bond donors (Lipinski definition) is 2. The first-order valence-electron chi connectivity index (χ1n) is 1.70. The summed E-state index contributed by atoms with van der Waals surface area (Å²) < 4.78 is 0. The lowest BCUT2D eigenvalue weighted by atomic mass is 10.7. The first kappa shape index (κ1) is 5.94. The zero-order valence-corrected chi connectivity index (χ0v) is 3.88. The van der Waals surface area contributed by atoms with E-state index in [1.165, 1.54) is 7.05 Å². The summed E-state index contributed by atoms with van der Waals surface area (Å²) >= 11 is 0. The van der Waals surface area contributed by atoms with E-state index < -0.39 is 5.91 Å². The Balaban J connectivity index is 3.37. The molecule has 2 N–H and O–H groups in total. The van der Waals surface area contributed by atoms with Crippen molar-refractivity contribution in [2.45, 2.75) is 0 Å². The van der Waals surface area contributed by atoms with Gasteiger partial charge in [-0.05, 0) is 0 Å². The largest absolute Gasteiger partial charge is 0.411 e. The summed E-state index contributed by atoms with van der Waals surface area (Å²) in [4.78, 5) is 9.99. The Labute approximate surface area is 40.8 Å². The van der Waals surface area contributed by atoms with Gasteiger partial charge in [-0.25, -0.2) is 0 Å². The molecule has 0 atom stereocenters. The van der Waals surface area contributed by atoms with Crippen molar-refractivity contribution < 1.29 is 10.0 Å². The minimum Gasteiger partial charge on any atom is -0.411 e. The molecule has 1 amide bonds. The highest BCUT2D eigenvalue weighted by Gasteiger charge is 1.84. The molecular weight excluding hydrogens is 96.0 g/mol. The maximum Gasteiger partial charge on any atom is 0.265 e. The highest BCUT2D eigenvalue weighted by molar-refractivity contribution is 6.25. The summed E-state index contributed by atoms with van der Waals surface area (Å²) in [5.41, 5.74) is 0. The van der Waals surface area contributed by atoms with Crippen molar-refractivity contribution in [3.05, 3.63) is 0 Å². The van der Waals surface area contributed by atoms with Gasteiger partial charge in [0, 0.05) is 7.05 Å². The number of carbonyl (C=O) groups excluding carboxylic acids is 1. The Hall–Kier alpha value is -1.06. The fourth-order valence-corrected chi connectivity index (χ4v) is 0.117. The minimum atomic E-state index is -0.414. The number of nitrogens with one attached hydrogen (secondary N) is 1. The molecular formula is C3H6N2O2. The quantitative estimate of drug-likeness (QED) is 0.258. The van der Waals surface area contributed by atoms with Crippen LogP contribution in [0.4, 0.5) is 0 Å². The van der Waals surface area contributed by atoms with Crippen molar-refractivity contribution in [1.29, 1.82) is 0 Å². The molecule has 0 unspecified atom stereocenters. The maximum absolute atomic E-state index is 9.99. The highest BCUT2D eigenvalue weighted by atomic mass is 16.4.